The largest absolute Gasteiger partial charge is 0.427 e. The van der Waals surface area contributed by atoms with E-state index < -0.39 is 36.7 Å². The Bertz CT molecular complexity index is 496. The minimum atomic E-state index is -2.02. The minimum absolute atomic E-state index is 0.147. The molecule has 0 spiro atoms. The Morgan fingerprint density at radius 1 is 0.935 bits per heavy atom. The van der Waals surface area contributed by atoms with Crippen LogP contribution in [-0.4, -0.2) is 63.7 Å². The zero-order valence-electron chi connectivity index (χ0n) is 19.2. The molecule has 4 N–H and O–H groups in total. The molecule has 1 aliphatic heterocycles. The molecule has 4 atom stereocenters. The van der Waals surface area contributed by atoms with Gasteiger partial charge in [0.05, 0.1) is 6.61 Å². The molecule has 0 radical (unpaired) electrons. The molecule has 0 aromatic heterocycles. The third kappa shape index (κ3) is 10.9. The quantitative estimate of drug-likeness (QED) is 0.154. The fourth-order valence-corrected chi connectivity index (χ4v) is 3.73. The lowest BCUT2D eigenvalue weighted by atomic mass is 9.97. The van der Waals surface area contributed by atoms with E-state index in [2.05, 4.69) is 19.1 Å². The lowest BCUT2D eigenvalue weighted by Crippen LogP contribution is -2.64. The van der Waals surface area contributed by atoms with E-state index in [9.17, 15) is 25.2 Å². The van der Waals surface area contributed by atoms with Crippen molar-refractivity contribution in [1.82, 2.24) is 0 Å². The topological polar surface area (TPSA) is 116 Å². The van der Waals surface area contributed by atoms with Gasteiger partial charge in [0.15, 0.2) is 6.10 Å². The number of unbranched alkanes of at least 4 members (excludes halogenated alkanes) is 11. The molecule has 1 rings (SSSR count). The van der Waals surface area contributed by atoms with E-state index in [0.29, 0.717) is 6.42 Å². The van der Waals surface area contributed by atoms with Gasteiger partial charge in [0, 0.05) is 6.42 Å². The zero-order chi connectivity index (χ0) is 23.0. The highest BCUT2D eigenvalue weighted by atomic mass is 16.7. The average molecular weight is 445 g/mol. The van der Waals surface area contributed by atoms with Crippen LogP contribution >= 0.6 is 0 Å². The normalized spacial score (nSPS) is 26.4. The summed E-state index contributed by atoms with van der Waals surface area (Å²) >= 11 is 0. The predicted molar refractivity (Wildman–Crippen MR) is 119 cm³/mol. The van der Waals surface area contributed by atoms with Crippen LogP contribution in [0.1, 0.15) is 96.8 Å². The summed E-state index contributed by atoms with van der Waals surface area (Å²) in [7, 11) is 0. The first-order valence-electron chi connectivity index (χ1n) is 12.1. The van der Waals surface area contributed by atoms with E-state index in [1.807, 2.05) is 0 Å². The van der Waals surface area contributed by atoms with Crippen molar-refractivity contribution in [3.63, 3.8) is 0 Å². The van der Waals surface area contributed by atoms with Crippen LogP contribution in [0.3, 0.4) is 0 Å². The van der Waals surface area contributed by atoms with Crippen molar-refractivity contribution in [3.05, 3.63) is 12.2 Å². The molecule has 1 fully saturated rings. The molecule has 0 bridgehead atoms. The van der Waals surface area contributed by atoms with Gasteiger partial charge in [-0.05, 0) is 32.1 Å². The van der Waals surface area contributed by atoms with Crippen LogP contribution in [0.2, 0.25) is 0 Å². The van der Waals surface area contributed by atoms with E-state index >= 15 is 0 Å². The summed E-state index contributed by atoms with van der Waals surface area (Å²) in [6, 6.07) is 0. The molecule has 31 heavy (non-hydrogen) atoms. The Kier molecular flexibility index (Phi) is 15.0. The number of rotatable bonds is 17. The standard InChI is InChI=1S/C24H44O7/c1-2-3-4-5-6-7-8-9-10-11-12-13-14-15-16-17-21(27)31-24(19-25)23(29)22(28)20(26)18-30-24/h9-10,20,22-23,25-26,28-29H,2-8,11-19H2,1H3/b10-9-/t20-,22+,23-,24?/m1/s1. The molecule has 1 heterocycles. The van der Waals surface area contributed by atoms with Crippen LogP contribution < -0.4 is 0 Å². The second-order valence-electron chi connectivity index (χ2n) is 8.59. The van der Waals surface area contributed by atoms with Gasteiger partial charge in [0.25, 0.3) is 5.79 Å². The van der Waals surface area contributed by atoms with Crippen molar-refractivity contribution in [1.29, 1.82) is 0 Å². The Morgan fingerprint density at radius 2 is 1.48 bits per heavy atom. The van der Waals surface area contributed by atoms with Gasteiger partial charge in [-0.25, -0.2) is 0 Å². The molecule has 182 valence electrons. The number of carbonyl (C=O) groups excluding carboxylic acids is 1. The smallest absolute Gasteiger partial charge is 0.308 e. The van der Waals surface area contributed by atoms with Crippen molar-refractivity contribution in [2.45, 2.75) is 121 Å². The predicted octanol–water partition coefficient (Wildman–Crippen LogP) is 3.37. The lowest BCUT2D eigenvalue weighted by Gasteiger charge is -2.43. The molecule has 7 heteroatoms. The molecule has 0 amide bonds. The summed E-state index contributed by atoms with van der Waals surface area (Å²) < 4.78 is 10.3. The summed E-state index contributed by atoms with van der Waals surface area (Å²) in [5, 5.41) is 38.8. The van der Waals surface area contributed by atoms with Crippen molar-refractivity contribution in [2.75, 3.05) is 13.2 Å². The Balaban J connectivity index is 2.04. The van der Waals surface area contributed by atoms with Gasteiger partial charge in [-0.1, -0.05) is 70.4 Å². The number of allylic oxidation sites excluding steroid dienone is 2. The first kappa shape index (κ1) is 28.0. The minimum Gasteiger partial charge on any atom is -0.427 e. The molecule has 1 unspecified atom stereocenters. The van der Waals surface area contributed by atoms with Crippen molar-refractivity contribution < 1.29 is 34.7 Å². The fraction of sp³-hybridized carbons (Fsp3) is 0.875. The highest BCUT2D eigenvalue weighted by Crippen LogP contribution is 2.28. The maximum atomic E-state index is 12.1. The Morgan fingerprint density at radius 3 is 2.06 bits per heavy atom. The van der Waals surface area contributed by atoms with Crippen LogP contribution in [0, 0.1) is 0 Å². The average Bonchev–Trinajstić information content (AvgIpc) is 2.77. The van der Waals surface area contributed by atoms with Gasteiger partial charge in [-0.2, -0.15) is 0 Å². The summed E-state index contributed by atoms with van der Waals surface area (Å²) in [6.07, 6.45) is 15.3. The highest BCUT2D eigenvalue weighted by Gasteiger charge is 2.52. The highest BCUT2D eigenvalue weighted by molar-refractivity contribution is 5.69. The van der Waals surface area contributed by atoms with Crippen LogP contribution in [0.15, 0.2) is 12.2 Å². The summed E-state index contributed by atoms with van der Waals surface area (Å²) in [5.41, 5.74) is 0. The number of hydrogen-bond donors (Lipinski definition) is 4. The lowest BCUT2D eigenvalue weighted by molar-refractivity contribution is -0.335. The SMILES string of the molecule is CCCCCCCC/C=C\CCCCCCCC(=O)OC1(CO)OC[C@@H](O)[C@H](O)[C@H]1O. The third-order valence-corrected chi connectivity index (χ3v) is 5.82. The molecule has 1 aliphatic rings. The van der Waals surface area contributed by atoms with Gasteiger partial charge < -0.3 is 29.9 Å². The molecule has 0 aromatic carbocycles. The number of hydrogen-bond acceptors (Lipinski definition) is 7. The van der Waals surface area contributed by atoms with Crippen LogP contribution in [0.5, 0.6) is 0 Å². The molecule has 0 saturated carbocycles. The molecule has 1 saturated heterocycles. The Labute approximate surface area is 187 Å². The number of aliphatic hydroxyl groups excluding tert-OH is 4. The Hall–Kier alpha value is -0.990. The maximum Gasteiger partial charge on any atom is 0.308 e. The monoisotopic (exact) mass is 444 g/mol. The van der Waals surface area contributed by atoms with Gasteiger partial charge >= 0.3 is 5.97 Å². The zero-order valence-corrected chi connectivity index (χ0v) is 19.2. The van der Waals surface area contributed by atoms with Crippen LogP contribution in [-0.2, 0) is 14.3 Å². The van der Waals surface area contributed by atoms with Crippen molar-refractivity contribution in [2.24, 2.45) is 0 Å². The molecule has 7 nitrogen and oxygen atoms in total. The molecular formula is C24H44O7. The third-order valence-electron chi connectivity index (χ3n) is 5.82. The first-order chi connectivity index (χ1) is 15.0. The van der Waals surface area contributed by atoms with Gasteiger partial charge in [0.1, 0.15) is 18.8 Å². The van der Waals surface area contributed by atoms with Crippen molar-refractivity contribution >= 4 is 5.97 Å². The molecule has 0 aromatic rings. The number of aliphatic hydroxyl groups is 4. The summed E-state index contributed by atoms with van der Waals surface area (Å²) in [6.45, 7) is 1.11. The van der Waals surface area contributed by atoms with E-state index in [4.69, 9.17) is 9.47 Å². The van der Waals surface area contributed by atoms with Crippen LogP contribution in [0.4, 0.5) is 0 Å². The van der Waals surface area contributed by atoms with Gasteiger partial charge in [-0.15, -0.1) is 0 Å². The first-order valence-corrected chi connectivity index (χ1v) is 12.1. The van der Waals surface area contributed by atoms with Gasteiger partial charge in [0.2, 0.25) is 0 Å². The van der Waals surface area contributed by atoms with E-state index in [-0.39, 0.29) is 13.0 Å². The number of esters is 1. The fourth-order valence-electron chi connectivity index (χ4n) is 3.73. The molecule has 0 aliphatic carbocycles. The van der Waals surface area contributed by atoms with Crippen molar-refractivity contribution in [3.8, 4) is 0 Å². The van der Waals surface area contributed by atoms with Gasteiger partial charge in [-0.3, -0.25) is 4.79 Å². The van der Waals surface area contributed by atoms with Crippen LogP contribution in [0.25, 0.3) is 0 Å². The van der Waals surface area contributed by atoms with E-state index in [1.54, 1.807) is 0 Å². The van der Waals surface area contributed by atoms with E-state index in [1.165, 1.54) is 44.9 Å². The summed E-state index contributed by atoms with van der Waals surface area (Å²) in [4.78, 5) is 12.1. The summed E-state index contributed by atoms with van der Waals surface area (Å²) in [5.74, 6) is -2.62. The second kappa shape index (κ2) is 16.6. The number of ether oxygens (including phenoxy) is 2. The van der Waals surface area contributed by atoms with E-state index in [0.717, 1.165) is 32.1 Å². The molecular weight excluding hydrogens is 400 g/mol. The number of carbonyl (C=O) groups is 1. The second-order valence-corrected chi connectivity index (χ2v) is 8.59. The maximum absolute atomic E-state index is 12.1.